The van der Waals surface area contributed by atoms with Crippen molar-refractivity contribution in [2.45, 2.75) is 124 Å². The van der Waals surface area contributed by atoms with Crippen LogP contribution in [0.4, 0.5) is 4.79 Å². The minimum Gasteiger partial charge on any atom is -0.480 e. The van der Waals surface area contributed by atoms with Crippen LogP contribution in [0, 0.1) is 11.8 Å². The number of nitrogens with one attached hydrogen (secondary N) is 6. The predicted octanol–water partition coefficient (Wildman–Crippen LogP) is 4.00. The van der Waals surface area contributed by atoms with Gasteiger partial charge in [-0.3, -0.25) is 19.2 Å². The number of amides is 5. The molecule has 0 radical (unpaired) electrons. The molecule has 1 aromatic rings. The van der Waals surface area contributed by atoms with Crippen LogP contribution < -0.4 is 31.9 Å². The summed E-state index contributed by atoms with van der Waals surface area (Å²) in [5, 5.41) is 26.7. The van der Waals surface area contributed by atoms with Gasteiger partial charge in [-0.05, 0) is 74.1 Å². The Labute approximate surface area is 308 Å². The van der Waals surface area contributed by atoms with Gasteiger partial charge in [0.15, 0.2) is 0 Å². The lowest BCUT2D eigenvalue weighted by atomic mass is 10.0. The minimum atomic E-state index is -1.20. The number of carbonyl (C=O) groups is 6. The maximum atomic E-state index is 13.4. The Morgan fingerprint density at radius 1 is 0.725 bits per heavy atom. The van der Waals surface area contributed by atoms with Gasteiger partial charge in [-0.15, -0.1) is 0 Å². The third-order valence-corrected chi connectivity index (χ3v) is 8.90. The molecule has 0 heterocycles. The third-order valence-electron chi connectivity index (χ3n) is 8.26. The van der Waals surface area contributed by atoms with E-state index in [1.807, 2.05) is 32.2 Å². The van der Waals surface area contributed by atoms with Gasteiger partial charge in [-0.1, -0.05) is 60.1 Å². The number of carbonyl (C=O) groups excluding carboxylic acids is 5. The summed E-state index contributed by atoms with van der Waals surface area (Å²) >= 11 is 1.52. The van der Waals surface area contributed by atoms with Crippen molar-refractivity contribution in [1.29, 1.82) is 0 Å². The SMILES string of the molecule is CSCC[C@H](NC(=O)c1ccc(CNC(C)C)cc1)C(=O)N[C@H](C(=O)N[C@@H](CCCCNC(=O)NCCCCCC(=O)C(C)C)C(=O)O)C(C)C. The van der Waals surface area contributed by atoms with Crippen LogP contribution in [0.5, 0.6) is 0 Å². The zero-order valence-corrected chi connectivity index (χ0v) is 32.4. The molecule has 0 fully saturated rings. The van der Waals surface area contributed by atoms with Crippen LogP contribution in [0.3, 0.4) is 0 Å². The number of unbranched alkanes of at least 4 members (excludes halogenated alkanes) is 3. The lowest BCUT2D eigenvalue weighted by Gasteiger charge is -2.26. The second kappa shape index (κ2) is 25.3. The number of carboxylic acid groups (broad SMARTS) is 1. The molecule has 1 aromatic carbocycles. The van der Waals surface area contributed by atoms with Crippen LogP contribution in [0.1, 0.15) is 109 Å². The first-order chi connectivity index (χ1) is 24.2. The second-order valence-electron chi connectivity index (χ2n) is 13.8. The fraction of sp³-hybridized carbons (Fsp3) is 0.676. The van der Waals surface area contributed by atoms with Gasteiger partial charge in [0.25, 0.3) is 5.91 Å². The number of benzene rings is 1. The van der Waals surface area contributed by atoms with Crippen molar-refractivity contribution in [3.8, 4) is 0 Å². The maximum absolute atomic E-state index is 13.4. The molecule has 3 atom stereocenters. The fourth-order valence-electron chi connectivity index (χ4n) is 4.98. The highest BCUT2D eigenvalue weighted by Crippen LogP contribution is 2.11. The van der Waals surface area contributed by atoms with Crippen LogP contribution in [0.15, 0.2) is 24.3 Å². The molecule has 0 bridgehead atoms. The molecule has 288 valence electrons. The molecule has 0 aliphatic rings. The summed E-state index contributed by atoms with van der Waals surface area (Å²) < 4.78 is 0. The zero-order valence-electron chi connectivity index (χ0n) is 31.6. The number of rotatable bonds is 26. The molecule has 0 saturated heterocycles. The van der Waals surface area contributed by atoms with E-state index in [4.69, 9.17) is 0 Å². The monoisotopic (exact) mass is 734 g/mol. The van der Waals surface area contributed by atoms with E-state index < -0.39 is 41.8 Å². The average Bonchev–Trinajstić information content (AvgIpc) is 3.08. The molecule has 5 amide bonds. The number of hydrogen-bond donors (Lipinski definition) is 7. The highest BCUT2D eigenvalue weighted by Gasteiger charge is 2.31. The van der Waals surface area contributed by atoms with Crippen molar-refractivity contribution in [3.63, 3.8) is 0 Å². The molecule has 0 spiro atoms. The van der Waals surface area contributed by atoms with Crippen LogP contribution >= 0.6 is 11.8 Å². The Kier molecular flexibility index (Phi) is 22.5. The number of hydrogen-bond acceptors (Lipinski definition) is 8. The number of urea groups is 1. The lowest BCUT2D eigenvalue weighted by molar-refractivity contribution is -0.142. The molecule has 51 heavy (non-hydrogen) atoms. The van der Waals surface area contributed by atoms with Gasteiger partial charge < -0.3 is 37.0 Å². The average molecular weight is 735 g/mol. The van der Waals surface area contributed by atoms with Gasteiger partial charge in [0.05, 0.1) is 0 Å². The van der Waals surface area contributed by atoms with E-state index in [-0.39, 0.29) is 30.1 Å². The predicted molar refractivity (Wildman–Crippen MR) is 203 cm³/mol. The summed E-state index contributed by atoms with van der Waals surface area (Å²) in [6.07, 6.45) is 6.28. The number of Topliss-reactive ketones (excluding diaryl/α,β-unsaturated/α-hetero) is 1. The molecule has 0 aliphatic heterocycles. The third kappa shape index (κ3) is 19.5. The molecular formula is C37H62N6O7S. The fourth-order valence-corrected chi connectivity index (χ4v) is 5.45. The molecule has 1 rings (SSSR count). The number of aliphatic carboxylic acids is 1. The summed E-state index contributed by atoms with van der Waals surface area (Å²) in [6, 6.07) is 4.04. The summed E-state index contributed by atoms with van der Waals surface area (Å²) in [6.45, 7) is 12.9. The first-order valence-electron chi connectivity index (χ1n) is 18.2. The van der Waals surface area contributed by atoms with Crippen LogP contribution in [-0.4, -0.2) is 89.9 Å². The molecule has 13 nitrogen and oxygen atoms in total. The quantitative estimate of drug-likeness (QED) is 0.0689. The number of carboxylic acids is 1. The van der Waals surface area contributed by atoms with Crippen molar-refractivity contribution < 1.29 is 33.9 Å². The summed E-state index contributed by atoms with van der Waals surface area (Å²) in [5.41, 5.74) is 1.43. The maximum Gasteiger partial charge on any atom is 0.326 e. The molecule has 7 N–H and O–H groups in total. The second-order valence-corrected chi connectivity index (χ2v) is 14.8. The van der Waals surface area contributed by atoms with E-state index in [2.05, 4.69) is 45.7 Å². The Bertz CT molecular complexity index is 1240. The standard InChI is InChI=1S/C37H62N6O7S/c1-24(2)31(44)14-9-8-11-20-38-37(50)39-21-12-10-13-30(36(48)49)42-35(47)32(25(3)4)43-34(46)29(19-22-51-7)41-33(45)28-17-15-27(16-18-28)23-40-26(5)6/h15-18,24-26,29-30,32,40H,8-14,19-23H2,1-7H3,(H,41,45)(H,42,47)(H,43,46)(H,48,49)(H2,38,39,50)/t29-,30-,32-/m0/s1. The minimum absolute atomic E-state index is 0.0442. The summed E-state index contributed by atoms with van der Waals surface area (Å²) in [4.78, 5) is 75.5. The molecule has 0 aromatic heterocycles. The van der Waals surface area contributed by atoms with Crippen molar-refractivity contribution in [2.75, 3.05) is 25.1 Å². The molecule has 0 unspecified atom stereocenters. The lowest BCUT2D eigenvalue weighted by Crippen LogP contribution is -2.57. The zero-order chi connectivity index (χ0) is 38.3. The van der Waals surface area contributed by atoms with E-state index in [0.717, 1.165) is 24.8 Å². The van der Waals surface area contributed by atoms with E-state index in [9.17, 15) is 33.9 Å². The largest absolute Gasteiger partial charge is 0.480 e. The van der Waals surface area contributed by atoms with E-state index in [0.29, 0.717) is 62.7 Å². The number of thioether (sulfide) groups is 1. The van der Waals surface area contributed by atoms with Gasteiger partial charge in [0, 0.05) is 43.6 Å². The van der Waals surface area contributed by atoms with Crippen molar-refractivity contribution in [2.24, 2.45) is 11.8 Å². The molecular weight excluding hydrogens is 673 g/mol. The molecule has 0 aliphatic carbocycles. The first-order valence-corrected chi connectivity index (χ1v) is 19.6. The number of ketones is 1. The summed E-state index contributed by atoms with van der Waals surface area (Å²) in [5.74, 6) is -2.24. The Hall–Kier alpha value is -3.65. The van der Waals surface area contributed by atoms with E-state index >= 15 is 0 Å². The molecule has 0 saturated carbocycles. The van der Waals surface area contributed by atoms with Gasteiger partial charge in [-0.25, -0.2) is 9.59 Å². The van der Waals surface area contributed by atoms with Gasteiger partial charge >= 0.3 is 12.0 Å². The van der Waals surface area contributed by atoms with Crippen molar-refractivity contribution >= 4 is 47.3 Å². The highest BCUT2D eigenvalue weighted by atomic mass is 32.2. The normalized spacial score (nSPS) is 13.0. The molecule has 14 heteroatoms. The van der Waals surface area contributed by atoms with Crippen molar-refractivity contribution in [3.05, 3.63) is 35.4 Å². The first kappa shape index (κ1) is 45.4. The van der Waals surface area contributed by atoms with Crippen LogP contribution in [0.25, 0.3) is 0 Å². The van der Waals surface area contributed by atoms with Crippen molar-refractivity contribution in [1.82, 2.24) is 31.9 Å². The Morgan fingerprint density at radius 2 is 1.35 bits per heavy atom. The topological polar surface area (TPSA) is 195 Å². The summed E-state index contributed by atoms with van der Waals surface area (Å²) in [7, 11) is 0. The van der Waals surface area contributed by atoms with Gasteiger partial charge in [0.2, 0.25) is 11.8 Å². The Balaban J connectivity index is 2.63. The smallest absolute Gasteiger partial charge is 0.326 e. The van der Waals surface area contributed by atoms with Crippen LogP contribution in [-0.2, 0) is 25.7 Å². The van der Waals surface area contributed by atoms with Crippen LogP contribution in [0.2, 0.25) is 0 Å². The highest BCUT2D eigenvalue weighted by molar-refractivity contribution is 7.98. The van der Waals surface area contributed by atoms with E-state index in [1.165, 1.54) is 11.8 Å². The Morgan fingerprint density at radius 3 is 1.90 bits per heavy atom. The van der Waals surface area contributed by atoms with E-state index in [1.54, 1.807) is 26.0 Å². The van der Waals surface area contributed by atoms with Gasteiger partial charge in [0.1, 0.15) is 23.9 Å². The van der Waals surface area contributed by atoms with Gasteiger partial charge in [-0.2, -0.15) is 11.8 Å².